The van der Waals surface area contributed by atoms with Gasteiger partial charge in [0.2, 0.25) is 0 Å². The molecule has 4 heteroatoms. The van der Waals surface area contributed by atoms with Gasteiger partial charge in [0.25, 0.3) is 0 Å². The molecule has 0 aromatic rings. The summed E-state index contributed by atoms with van der Waals surface area (Å²) in [5.74, 6) is -0.512. The van der Waals surface area contributed by atoms with Gasteiger partial charge in [-0.1, -0.05) is 25.2 Å². The highest BCUT2D eigenvalue weighted by atomic mass is 16.5. The minimum absolute atomic E-state index is 0.0350. The van der Waals surface area contributed by atoms with Gasteiger partial charge in [-0.2, -0.15) is 0 Å². The number of carbonyl (C=O) groups excluding carboxylic acids is 2. The molecule has 0 radical (unpaired) electrons. The third-order valence-corrected chi connectivity index (χ3v) is 5.22. The fourth-order valence-electron chi connectivity index (χ4n) is 3.75. The van der Waals surface area contributed by atoms with E-state index in [4.69, 9.17) is 9.47 Å². The van der Waals surface area contributed by atoms with E-state index in [9.17, 15) is 9.59 Å². The molecule has 0 aromatic carbocycles. The van der Waals surface area contributed by atoms with Crippen molar-refractivity contribution in [1.29, 1.82) is 0 Å². The van der Waals surface area contributed by atoms with Crippen LogP contribution in [0.15, 0.2) is 24.8 Å². The van der Waals surface area contributed by atoms with E-state index in [2.05, 4.69) is 25.7 Å². The molecule has 0 aliphatic heterocycles. The molecule has 0 heterocycles. The van der Waals surface area contributed by atoms with Crippen LogP contribution >= 0.6 is 0 Å². The van der Waals surface area contributed by atoms with Gasteiger partial charge in [0.05, 0.1) is 14.2 Å². The van der Waals surface area contributed by atoms with Crippen molar-refractivity contribution in [2.24, 2.45) is 22.7 Å². The molecule has 3 atom stereocenters. The van der Waals surface area contributed by atoms with Crippen molar-refractivity contribution in [2.75, 3.05) is 14.2 Å². The number of methoxy groups -OCH3 is 2. The molecule has 0 N–H and O–H groups in total. The van der Waals surface area contributed by atoms with Crippen molar-refractivity contribution >= 4 is 11.9 Å². The second-order valence-electron chi connectivity index (χ2n) is 6.03. The van der Waals surface area contributed by atoms with Gasteiger partial charge in [-0.15, -0.1) is 6.58 Å². The van der Waals surface area contributed by atoms with Crippen LogP contribution in [-0.2, 0) is 19.1 Å². The van der Waals surface area contributed by atoms with E-state index < -0.39 is 17.4 Å². The summed E-state index contributed by atoms with van der Waals surface area (Å²) >= 11 is 0. The van der Waals surface area contributed by atoms with Crippen molar-refractivity contribution in [3.05, 3.63) is 24.8 Å². The van der Waals surface area contributed by atoms with Gasteiger partial charge in [0, 0.05) is 5.92 Å². The first-order chi connectivity index (χ1) is 9.44. The number of fused-ring (bicyclic) bond motifs is 1. The van der Waals surface area contributed by atoms with Gasteiger partial charge in [-0.25, -0.2) is 0 Å². The van der Waals surface area contributed by atoms with Crippen LogP contribution in [0.2, 0.25) is 0 Å². The van der Waals surface area contributed by atoms with E-state index in [1.807, 2.05) is 6.08 Å². The summed E-state index contributed by atoms with van der Waals surface area (Å²) in [5.41, 5.74) is -1.12. The van der Waals surface area contributed by atoms with E-state index in [0.29, 0.717) is 18.8 Å². The number of hydrogen-bond acceptors (Lipinski definition) is 4. The maximum atomic E-state index is 12.2. The SMILES string of the molecule is C=C[C@@H]1C=C[C@@H]2CC(C(=O)OC)(C(=O)OC)CC[C@@]12C. The molecule has 0 amide bonds. The predicted octanol–water partition coefficient (Wildman–Crippen LogP) is 2.50. The lowest BCUT2D eigenvalue weighted by Gasteiger charge is -2.46. The number of hydrogen-bond donors (Lipinski definition) is 0. The molecule has 4 nitrogen and oxygen atoms in total. The van der Waals surface area contributed by atoms with Crippen LogP contribution in [0.25, 0.3) is 0 Å². The summed E-state index contributed by atoms with van der Waals surface area (Å²) in [6, 6.07) is 0. The Morgan fingerprint density at radius 3 is 2.30 bits per heavy atom. The minimum atomic E-state index is -1.16. The summed E-state index contributed by atoms with van der Waals surface area (Å²) in [6.45, 7) is 6.08. The molecule has 2 aliphatic rings. The van der Waals surface area contributed by atoms with Crippen molar-refractivity contribution in [3.8, 4) is 0 Å². The second-order valence-corrected chi connectivity index (χ2v) is 6.03. The summed E-state index contributed by atoms with van der Waals surface area (Å²) < 4.78 is 9.73. The lowest BCUT2D eigenvalue weighted by molar-refractivity contribution is -0.175. The fraction of sp³-hybridized carbons (Fsp3) is 0.625. The van der Waals surface area contributed by atoms with Crippen LogP contribution < -0.4 is 0 Å². The van der Waals surface area contributed by atoms with Gasteiger partial charge >= 0.3 is 11.9 Å². The topological polar surface area (TPSA) is 52.6 Å². The Kier molecular flexibility index (Phi) is 3.76. The molecular weight excluding hydrogens is 256 g/mol. The van der Waals surface area contributed by atoms with E-state index in [0.717, 1.165) is 6.42 Å². The monoisotopic (exact) mass is 278 g/mol. The van der Waals surface area contributed by atoms with E-state index >= 15 is 0 Å². The number of rotatable bonds is 3. The van der Waals surface area contributed by atoms with Gasteiger partial charge in [0.15, 0.2) is 5.41 Å². The van der Waals surface area contributed by atoms with E-state index in [-0.39, 0.29) is 11.3 Å². The van der Waals surface area contributed by atoms with Gasteiger partial charge in [0.1, 0.15) is 0 Å². The highest BCUT2D eigenvalue weighted by Gasteiger charge is 2.58. The average Bonchev–Trinajstić information content (AvgIpc) is 2.80. The maximum absolute atomic E-state index is 12.2. The van der Waals surface area contributed by atoms with Crippen LogP contribution in [0.1, 0.15) is 26.2 Å². The fourth-order valence-corrected chi connectivity index (χ4v) is 3.75. The van der Waals surface area contributed by atoms with Gasteiger partial charge in [-0.05, 0) is 30.6 Å². The summed E-state index contributed by atoms with van der Waals surface area (Å²) in [6.07, 6.45) is 7.86. The van der Waals surface area contributed by atoms with Crippen molar-refractivity contribution in [1.82, 2.24) is 0 Å². The Hall–Kier alpha value is -1.58. The quantitative estimate of drug-likeness (QED) is 0.452. The standard InChI is InChI=1S/C16H22O4/c1-5-11-6-7-12-10-16(13(17)19-3,14(18)20-4)9-8-15(11,12)2/h5-7,11-12H,1,8-10H2,2-4H3/t11-,12-,15+/m1/s1. The third kappa shape index (κ3) is 1.89. The predicted molar refractivity (Wildman–Crippen MR) is 74.7 cm³/mol. The van der Waals surface area contributed by atoms with Crippen molar-refractivity contribution in [3.63, 3.8) is 0 Å². The molecule has 0 unspecified atom stereocenters. The molecule has 0 bridgehead atoms. The lowest BCUT2D eigenvalue weighted by atomic mass is 9.57. The molecule has 0 spiro atoms. The third-order valence-electron chi connectivity index (χ3n) is 5.22. The molecule has 1 saturated carbocycles. The highest BCUT2D eigenvalue weighted by molar-refractivity contribution is 6.00. The van der Waals surface area contributed by atoms with Crippen molar-refractivity contribution in [2.45, 2.75) is 26.2 Å². The summed E-state index contributed by atoms with van der Waals surface area (Å²) in [4.78, 5) is 24.3. The lowest BCUT2D eigenvalue weighted by Crippen LogP contribution is -2.49. The molecule has 2 rings (SSSR count). The summed E-state index contributed by atoms with van der Waals surface area (Å²) in [5, 5.41) is 0. The van der Waals surface area contributed by atoms with Crippen molar-refractivity contribution < 1.29 is 19.1 Å². The van der Waals surface area contributed by atoms with Crippen LogP contribution in [-0.4, -0.2) is 26.2 Å². The molecule has 20 heavy (non-hydrogen) atoms. The number of carbonyl (C=O) groups is 2. The zero-order valence-electron chi connectivity index (χ0n) is 12.3. The normalized spacial score (nSPS) is 34.1. The Balaban J connectivity index is 2.33. The number of allylic oxidation sites excluding steroid dienone is 3. The van der Waals surface area contributed by atoms with Gasteiger partial charge < -0.3 is 9.47 Å². The first kappa shape index (κ1) is 14.8. The molecular formula is C16H22O4. The Bertz CT molecular complexity index is 449. The molecule has 1 fully saturated rings. The first-order valence-electron chi connectivity index (χ1n) is 6.92. The number of esters is 2. The Morgan fingerprint density at radius 1 is 1.20 bits per heavy atom. The van der Waals surface area contributed by atoms with Crippen LogP contribution in [0, 0.1) is 22.7 Å². The smallest absolute Gasteiger partial charge is 0.323 e. The molecule has 110 valence electrons. The van der Waals surface area contributed by atoms with Crippen LogP contribution in [0.4, 0.5) is 0 Å². The van der Waals surface area contributed by atoms with E-state index in [1.54, 1.807) is 0 Å². The zero-order chi connectivity index (χ0) is 15.0. The maximum Gasteiger partial charge on any atom is 0.323 e. The Morgan fingerprint density at radius 2 is 1.80 bits per heavy atom. The average molecular weight is 278 g/mol. The minimum Gasteiger partial charge on any atom is -0.468 e. The highest BCUT2D eigenvalue weighted by Crippen LogP contribution is 2.57. The van der Waals surface area contributed by atoms with Gasteiger partial charge in [-0.3, -0.25) is 9.59 Å². The van der Waals surface area contributed by atoms with Crippen LogP contribution in [0.5, 0.6) is 0 Å². The van der Waals surface area contributed by atoms with Crippen LogP contribution in [0.3, 0.4) is 0 Å². The number of ether oxygens (including phenoxy) is 2. The molecule has 0 aromatic heterocycles. The zero-order valence-corrected chi connectivity index (χ0v) is 12.3. The second kappa shape index (κ2) is 5.08. The molecule has 2 aliphatic carbocycles. The Labute approximate surface area is 119 Å². The summed E-state index contributed by atoms with van der Waals surface area (Å²) in [7, 11) is 2.63. The molecule has 0 saturated heterocycles. The van der Waals surface area contributed by atoms with E-state index in [1.165, 1.54) is 14.2 Å². The first-order valence-corrected chi connectivity index (χ1v) is 6.92. The largest absolute Gasteiger partial charge is 0.468 e.